The molecule has 1 N–H and O–H groups in total. The number of nitrogens with one attached hydrogen (secondary N) is 1. The van der Waals surface area contributed by atoms with Gasteiger partial charge in [0.15, 0.2) is 5.82 Å². The summed E-state index contributed by atoms with van der Waals surface area (Å²) in [5.74, 6) is 0.755. The van der Waals surface area contributed by atoms with Crippen LogP contribution in [0.5, 0.6) is 0 Å². The van der Waals surface area contributed by atoms with E-state index in [1.54, 1.807) is 12.1 Å². The lowest BCUT2D eigenvalue weighted by molar-refractivity contribution is 0.460. The number of benzene rings is 2. The molecule has 0 saturated carbocycles. The van der Waals surface area contributed by atoms with Crippen molar-refractivity contribution in [2.45, 2.75) is 42.2 Å². The first-order chi connectivity index (χ1) is 16.8. The van der Waals surface area contributed by atoms with Crippen LogP contribution in [0.25, 0.3) is 16.8 Å². The number of unbranched alkanes of at least 4 members (excludes halogenated alkanes) is 2. The molecule has 0 aliphatic carbocycles. The molecule has 2 heterocycles. The number of aryl methyl sites for hydroxylation is 1. The van der Waals surface area contributed by atoms with E-state index < -0.39 is 15.7 Å². The van der Waals surface area contributed by atoms with Gasteiger partial charge in [0.1, 0.15) is 5.69 Å². The second kappa shape index (κ2) is 10.9. The fourth-order valence-corrected chi connectivity index (χ4v) is 7.26. The van der Waals surface area contributed by atoms with E-state index in [0.29, 0.717) is 12.1 Å². The van der Waals surface area contributed by atoms with Gasteiger partial charge in [-0.25, -0.2) is 13.2 Å². The van der Waals surface area contributed by atoms with E-state index in [1.807, 2.05) is 50.2 Å². The fraction of sp³-hybridized carbons (Fsp3) is 0.280. The zero-order valence-corrected chi connectivity index (χ0v) is 21.9. The molecule has 0 radical (unpaired) electrons. The Bertz CT molecular complexity index is 1450. The third-order valence-corrected chi connectivity index (χ3v) is 9.49. The minimum absolute atomic E-state index is 0.0192. The smallest absolute Gasteiger partial charge is 0.261 e. The first-order valence-corrected chi connectivity index (χ1v) is 14.5. The molecule has 0 bridgehead atoms. The fourth-order valence-electron chi connectivity index (χ4n) is 3.68. The predicted molar refractivity (Wildman–Crippen MR) is 142 cm³/mol. The van der Waals surface area contributed by atoms with Crippen LogP contribution >= 0.6 is 23.1 Å². The molecule has 2 aromatic carbocycles. The monoisotopic (exact) mass is 531 g/mol. The highest BCUT2D eigenvalue weighted by molar-refractivity contribution is 8.01. The Hall–Kier alpha value is -2.69. The van der Waals surface area contributed by atoms with Gasteiger partial charge in [-0.1, -0.05) is 48.9 Å². The lowest BCUT2D eigenvalue weighted by atomic mass is 10.1. The van der Waals surface area contributed by atoms with Gasteiger partial charge < -0.3 is 0 Å². The van der Waals surface area contributed by atoms with Crippen LogP contribution in [-0.2, 0) is 10.0 Å². The van der Waals surface area contributed by atoms with Crippen molar-refractivity contribution in [1.82, 2.24) is 9.55 Å². The SMILES string of the molecule is Cc1sc(SCCCCCF)c2c(NS(=O)(=O)c3cccc(-c4ccccc4)c3)nc(=O)n-2c1C. The van der Waals surface area contributed by atoms with Crippen molar-refractivity contribution in [3.8, 4) is 16.8 Å². The molecule has 0 saturated heterocycles. The van der Waals surface area contributed by atoms with E-state index in [0.717, 1.165) is 44.5 Å². The molecule has 184 valence electrons. The van der Waals surface area contributed by atoms with Gasteiger partial charge in [-0.3, -0.25) is 13.7 Å². The summed E-state index contributed by atoms with van der Waals surface area (Å²) in [5, 5.41) is 0. The van der Waals surface area contributed by atoms with Crippen LogP contribution in [0, 0.1) is 13.8 Å². The summed E-state index contributed by atoms with van der Waals surface area (Å²) in [7, 11) is -4.01. The number of imidazole rings is 1. The molecule has 2 aliphatic heterocycles. The summed E-state index contributed by atoms with van der Waals surface area (Å²) in [6.45, 7) is 3.41. The van der Waals surface area contributed by atoms with E-state index >= 15 is 0 Å². The first-order valence-electron chi connectivity index (χ1n) is 11.2. The van der Waals surface area contributed by atoms with Gasteiger partial charge in [-0.05, 0) is 55.7 Å². The molecule has 35 heavy (non-hydrogen) atoms. The number of thioether (sulfide) groups is 1. The lowest BCUT2D eigenvalue weighted by Gasteiger charge is -2.16. The van der Waals surface area contributed by atoms with Crippen molar-refractivity contribution in [2.24, 2.45) is 0 Å². The summed E-state index contributed by atoms with van der Waals surface area (Å²) >= 11 is 3.03. The molecule has 0 atom stereocenters. The van der Waals surface area contributed by atoms with Crippen LogP contribution in [0.1, 0.15) is 29.8 Å². The number of sulfonamides is 1. The number of rotatable bonds is 10. The van der Waals surface area contributed by atoms with Crippen molar-refractivity contribution in [3.63, 3.8) is 0 Å². The summed E-state index contributed by atoms with van der Waals surface area (Å²) in [6, 6.07) is 16.2. The van der Waals surface area contributed by atoms with Gasteiger partial charge >= 0.3 is 5.69 Å². The zero-order valence-electron chi connectivity index (χ0n) is 19.5. The van der Waals surface area contributed by atoms with Gasteiger partial charge in [-0.2, -0.15) is 4.98 Å². The average molecular weight is 532 g/mol. The molecule has 6 nitrogen and oxygen atoms in total. The molecule has 4 rings (SSSR count). The van der Waals surface area contributed by atoms with E-state index in [4.69, 9.17) is 0 Å². The normalized spacial score (nSPS) is 11.7. The molecule has 10 heteroatoms. The van der Waals surface area contributed by atoms with Crippen molar-refractivity contribution >= 4 is 38.9 Å². The molecule has 0 spiro atoms. The average Bonchev–Trinajstić information content (AvgIpc) is 3.17. The maximum Gasteiger partial charge on any atom is 0.354 e. The van der Waals surface area contributed by atoms with Crippen LogP contribution < -0.4 is 10.4 Å². The Kier molecular flexibility index (Phi) is 7.93. The number of halogens is 1. The quantitative estimate of drug-likeness (QED) is 0.199. The summed E-state index contributed by atoms with van der Waals surface area (Å²) in [4.78, 5) is 17.9. The number of nitrogens with zero attached hydrogens (tertiary/aromatic N) is 2. The third-order valence-electron chi connectivity index (χ3n) is 5.62. The molecule has 2 aliphatic rings. The van der Waals surface area contributed by atoms with E-state index in [-0.39, 0.29) is 17.4 Å². The number of fused-ring (bicyclic) bond motifs is 1. The largest absolute Gasteiger partial charge is 0.354 e. The molecule has 0 fully saturated rings. The van der Waals surface area contributed by atoms with Crippen molar-refractivity contribution in [2.75, 3.05) is 17.1 Å². The second-order valence-corrected chi connectivity index (χ2v) is 12.3. The number of hydrogen-bond donors (Lipinski definition) is 1. The maximum atomic E-state index is 13.3. The number of anilines is 1. The maximum absolute atomic E-state index is 13.3. The number of aromatic nitrogens is 2. The number of alkyl halides is 1. The Balaban J connectivity index is 1.69. The molecular formula is C25H26FN3O3S3. The van der Waals surface area contributed by atoms with E-state index in [9.17, 15) is 17.6 Å². The van der Waals surface area contributed by atoms with Gasteiger partial charge in [0.25, 0.3) is 10.0 Å². The van der Waals surface area contributed by atoms with Crippen molar-refractivity contribution < 1.29 is 12.8 Å². The zero-order chi connectivity index (χ0) is 25.0. The van der Waals surface area contributed by atoms with Crippen molar-refractivity contribution in [3.05, 3.63) is 75.7 Å². The second-order valence-electron chi connectivity index (χ2n) is 8.06. The highest BCUT2D eigenvalue weighted by atomic mass is 32.2. The molecule has 0 aromatic heterocycles. The topological polar surface area (TPSA) is 81.1 Å². The lowest BCUT2D eigenvalue weighted by Crippen LogP contribution is -2.17. The van der Waals surface area contributed by atoms with Crippen LogP contribution in [-0.4, -0.2) is 30.4 Å². The van der Waals surface area contributed by atoms with Crippen LogP contribution in [0.3, 0.4) is 0 Å². The van der Waals surface area contributed by atoms with Gasteiger partial charge in [0.05, 0.1) is 15.8 Å². The predicted octanol–water partition coefficient (Wildman–Crippen LogP) is 6.05. The molecule has 0 amide bonds. The third kappa shape index (κ3) is 5.60. The van der Waals surface area contributed by atoms with Crippen LogP contribution in [0.15, 0.2) is 68.5 Å². The minimum Gasteiger partial charge on any atom is -0.261 e. The van der Waals surface area contributed by atoms with Gasteiger partial charge in [-0.15, -0.1) is 23.1 Å². The van der Waals surface area contributed by atoms with E-state index in [1.165, 1.54) is 33.7 Å². The highest BCUT2D eigenvalue weighted by Gasteiger charge is 2.27. The highest BCUT2D eigenvalue weighted by Crippen LogP contribution is 2.39. The minimum atomic E-state index is -4.01. The first kappa shape index (κ1) is 25.4. The van der Waals surface area contributed by atoms with Gasteiger partial charge in [0.2, 0.25) is 0 Å². The molecular weight excluding hydrogens is 505 g/mol. The Morgan fingerprint density at radius 2 is 1.77 bits per heavy atom. The Labute approximate surface area is 212 Å². The Morgan fingerprint density at radius 3 is 2.51 bits per heavy atom. The van der Waals surface area contributed by atoms with E-state index in [2.05, 4.69) is 9.71 Å². The van der Waals surface area contributed by atoms with Gasteiger partial charge in [0, 0.05) is 10.6 Å². The Morgan fingerprint density at radius 1 is 1.03 bits per heavy atom. The number of hydrogen-bond acceptors (Lipinski definition) is 6. The molecule has 0 unspecified atom stereocenters. The standard InChI is InChI=1S/C25H26FN3O3S3/c1-17-18(2)34-24(33-15-8-4-7-14-26)22-23(27-25(30)29(17)22)28-35(31,32)21-13-9-12-20(16-21)19-10-5-3-6-11-19/h3,5-6,9-13,16H,4,7-8,14-15H2,1-2H3,(H,27,28,30). The summed E-state index contributed by atoms with van der Waals surface area (Å²) < 4.78 is 43.9. The van der Waals surface area contributed by atoms with Crippen LogP contribution in [0.4, 0.5) is 10.2 Å². The summed E-state index contributed by atoms with van der Waals surface area (Å²) in [6.07, 6.45) is 2.13. The molecule has 2 aromatic rings. The van der Waals surface area contributed by atoms with Crippen molar-refractivity contribution in [1.29, 1.82) is 0 Å². The summed E-state index contributed by atoms with van der Waals surface area (Å²) in [5.41, 5.74) is 2.33. The van der Waals surface area contributed by atoms with Crippen LogP contribution in [0.2, 0.25) is 0 Å².